The van der Waals surface area contributed by atoms with Crippen molar-refractivity contribution in [1.82, 2.24) is 0 Å². The first kappa shape index (κ1) is 15.8. The molecule has 0 spiro atoms. The van der Waals surface area contributed by atoms with E-state index in [1.54, 1.807) is 6.92 Å². The third-order valence-corrected chi connectivity index (χ3v) is 3.72. The molecule has 0 aliphatic rings. The van der Waals surface area contributed by atoms with E-state index in [-0.39, 0.29) is 23.7 Å². The Morgan fingerprint density at radius 1 is 1.26 bits per heavy atom. The van der Waals surface area contributed by atoms with Crippen molar-refractivity contribution in [2.24, 2.45) is 0 Å². The summed E-state index contributed by atoms with van der Waals surface area (Å²) in [5.74, 6) is -0.880. The lowest BCUT2D eigenvalue weighted by atomic mass is 10.00. The number of carbonyl (C=O) groups excluding carboxylic acids is 1. The summed E-state index contributed by atoms with van der Waals surface area (Å²) in [6, 6.07) is 1.15. The van der Waals surface area contributed by atoms with Crippen LogP contribution >= 0.6 is 15.9 Å². The maximum atomic E-state index is 11.9. The van der Waals surface area contributed by atoms with Crippen molar-refractivity contribution in [3.63, 3.8) is 0 Å². The minimum absolute atomic E-state index is 0.0722. The molecule has 106 valence electrons. The fraction of sp³-hybridized carbons (Fsp3) is 0.500. The number of benzene rings is 1. The second-order valence-electron chi connectivity index (χ2n) is 4.26. The largest absolute Gasteiger partial charge is 0.507 e. The van der Waals surface area contributed by atoms with E-state index in [0.717, 1.165) is 25.3 Å². The second-order valence-corrected chi connectivity index (χ2v) is 5.05. The Labute approximate surface area is 121 Å². The Bertz CT molecular complexity index is 457. The van der Waals surface area contributed by atoms with E-state index in [9.17, 15) is 15.0 Å². The molecule has 4 nitrogen and oxygen atoms in total. The Kier molecular flexibility index (Phi) is 6.15. The summed E-state index contributed by atoms with van der Waals surface area (Å²) in [7, 11) is 0. The minimum atomic E-state index is -0.563. The first-order valence-corrected chi connectivity index (χ1v) is 7.22. The van der Waals surface area contributed by atoms with Crippen LogP contribution in [0.5, 0.6) is 11.5 Å². The van der Waals surface area contributed by atoms with Gasteiger partial charge in [-0.25, -0.2) is 4.79 Å². The molecule has 0 aromatic heterocycles. The van der Waals surface area contributed by atoms with Gasteiger partial charge in [-0.1, -0.05) is 19.8 Å². The molecule has 19 heavy (non-hydrogen) atoms. The van der Waals surface area contributed by atoms with Crippen LogP contribution in [0.3, 0.4) is 0 Å². The molecule has 1 rings (SSSR count). The van der Waals surface area contributed by atoms with E-state index in [2.05, 4.69) is 22.9 Å². The first-order chi connectivity index (χ1) is 9.02. The maximum absolute atomic E-state index is 11.9. The summed E-state index contributed by atoms with van der Waals surface area (Å²) in [6.45, 7) is 4.04. The van der Waals surface area contributed by atoms with Crippen LogP contribution in [0.15, 0.2) is 10.5 Å². The molecule has 0 bridgehead atoms. The summed E-state index contributed by atoms with van der Waals surface area (Å²) < 4.78 is 5.40. The number of ether oxygens (including phenoxy) is 1. The van der Waals surface area contributed by atoms with Gasteiger partial charge in [0.25, 0.3) is 0 Å². The van der Waals surface area contributed by atoms with E-state index in [1.165, 1.54) is 0 Å². The number of phenols is 2. The average molecular weight is 331 g/mol. The molecule has 0 aliphatic carbocycles. The molecular formula is C14H19BrO4. The van der Waals surface area contributed by atoms with Crippen molar-refractivity contribution >= 4 is 21.9 Å². The van der Waals surface area contributed by atoms with E-state index in [1.807, 2.05) is 0 Å². The van der Waals surface area contributed by atoms with Crippen LogP contribution in [0, 0.1) is 0 Å². The van der Waals surface area contributed by atoms with Crippen LogP contribution in [0.2, 0.25) is 0 Å². The Morgan fingerprint density at radius 3 is 2.53 bits per heavy atom. The molecule has 1 aromatic rings. The number of halogens is 1. The third-order valence-electron chi connectivity index (χ3n) is 2.83. The highest BCUT2D eigenvalue weighted by Crippen LogP contribution is 2.37. The smallest absolute Gasteiger partial charge is 0.342 e. The zero-order valence-electron chi connectivity index (χ0n) is 11.2. The van der Waals surface area contributed by atoms with Gasteiger partial charge < -0.3 is 14.9 Å². The molecule has 0 heterocycles. The van der Waals surface area contributed by atoms with Crippen molar-refractivity contribution in [2.75, 3.05) is 6.61 Å². The van der Waals surface area contributed by atoms with Gasteiger partial charge in [0, 0.05) is 6.07 Å². The number of rotatable bonds is 6. The molecule has 0 amide bonds. The van der Waals surface area contributed by atoms with Crippen LogP contribution in [0.1, 0.15) is 49.0 Å². The third kappa shape index (κ3) is 3.86. The standard InChI is InChI=1S/C14H19BrO4/c1-3-5-6-7-9-12(14(18)19-4-2)10(16)8-11(17)13(9)15/h8,16-17H,3-7H2,1-2H3. The highest BCUT2D eigenvalue weighted by molar-refractivity contribution is 9.10. The summed E-state index contributed by atoms with van der Waals surface area (Å²) in [6.07, 6.45) is 3.55. The SMILES string of the molecule is CCCCCc1c(Br)c(O)cc(O)c1C(=O)OCC. The topological polar surface area (TPSA) is 66.8 Å². The first-order valence-electron chi connectivity index (χ1n) is 6.43. The molecule has 2 N–H and O–H groups in total. The summed E-state index contributed by atoms with van der Waals surface area (Å²) in [5.41, 5.74) is 0.743. The van der Waals surface area contributed by atoms with Crippen LogP contribution in [-0.2, 0) is 11.2 Å². The van der Waals surface area contributed by atoms with Gasteiger partial charge in [-0.3, -0.25) is 0 Å². The Hall–Kier alpha value is -1.23. The van der Waals surface area contributed by atoms with Gasteiger partial charge in [-0.05, 0) is 41.3 Å². The molecule has 0 radical (unpaired) electrons. The van der Waals surface area contributed by atoms with Gasteiger partial charge in [0.1, 0.15) is 17.1 Å². The number of carbonyl (C=O) groups is 1. The van der Waals surface area contributed by atoms with E-state index >= 15 is 0 Å². The average Bonchev–Trinajstić information content (AvgIpc) is 2.35. The Balaban J connectivity index is 3.18. The molecule has 0 fully saturated rings. The molecule has 1 aromatic carbocycles. The number of hydrogen-bond acceptors (Lipinski definition) is 4. The second kappa shape index (κ2) is 7.38. The predicted molar refractivity (Wildman–Crippen MR) is 76.7 cm³/mol. The van der Waals surface area contributed by atoms with Gasteiger partial charge in [-0.15, -0.1) is 0 Å². The molecule has 0 atom stereocenters. The van der Waals surface area contributed by atoms with Crippen molar-refractivity contribution in [1.29, 1.82) is 0 Å². The molecule has 0 saturated carbocycles. The van der Waals surface area contributed by atoms with Gasteiger partial charge in [0.15, 0.2) is 0 Å². The lowest BCUT2D eigenvalue weighted by Gasteiger charge is -2.14. The quantitative estimate of drug-likeness (QED) is 0.615. The van der Waals surface area contributed by atoms with Gasteiger partial charge >= 0.3 is 5.97 Å². The molecule has 0 unspecified atom stereocenters. The zero-order chi connectivity index (χ0) is 14.4. The van der Waals surface area contributed by atoms with E-state index in [4.69, 9.17) is 4.74 Å². The summed E-state index contributed by atoms with van der Waals surface area (Å²) >= 11 is 3.27. The summed E-state index contributed by atoms with van der Waals surface area (Å²) in [5, 5.41) is 19.6. The Morgan fingerprint density at radius 2 is 1.95 bits per heavy atom. The molecule has 0 saturated heterocycles. The normalized spacial score (nSPS) is 10.5. The van der Waals surface area contributed by atoms with E-state index < -0.39 is 5.97 Å². The van der Waals surface area contributed by atoms with Crippen LogP contribution in [0.25, 0.3) is 0 Å². The minimum Gasteiger partial charge on any atom is -0.507 e. The fourth-order valence-corrected chi connectivity index (χ4v) is 2.41. The lowest BCUT2D eigenvalue weighted by molar-refractivity contribution is 0.0521. The number of aromatic hydroxyl groups is 2. The molecule has 0 aliphatic heterocycles. The summed E-state index contributed by atoms with van der Waals surface area (Å²) in [4.78, 5) is 11.9. The van der Waals surface area contributed by atoms with Crippen molar-refractivity contribution in [3.05, 3.63) is 21.7 Å². The molecular weight excluding hydrogens is 312 g/mol. The van der Waals surface area contributed by atoms with E-state index in [0.29, 0.717) is 16.5 Å². The number of hydrogen-bond donors (Lipinski definition) is 2. The fourth-order valence-electron chi connectivity index (χ4n) is 1.90. The lowest BCUT2D eigenvalue weighted by Crippen LogP contribution is -2.09. The number of phenolic OH excluding ortho intramolecular Hbond substituents is 2. The van der Waals surface area contributed by atoms with Crippen molar-refractivity contribution in [3.8, 4) is 11.5 Å². The predicted octanol–water partition coefficient (Wildman–Crippen LogP) is 3.77. The van der Waals surface area contributed by atoms with Crippen LogP contribution < -0.4 is 0 Å². The monoisotopic (exact) mass is 330 g/mol. The van der Waals surface area contributed by atoms with Gasteiger partial charge in [0.2, 0.25) is 0 Å². The highest BCUT2D eigenvalue weighted by Gasteiger charge is 2.22. The highest BCUT2D eigenvalue weighted by atomic mass is 79.9. The maximum Gasteiger partial charge on any atom is 0.342 e. The van der Waals surface area contributed by atoms with Gasteiger partial charge in [0.05, 0.1) is 11.1 Å². The van der Waals surface area contributed by atoms with Crippen molar-refractivity contribution in [2.45, 2.75) is 39.5 Å². The van der Waals surface area contributed by atoms with Crippen LogP contribution in [-0.4, -0.2) is 22.8 Å². The molecule has 5 heteroatoms. The zero-order valence-corrected chi connectivity index (χ0v) is 12.8. The van der Waals surface area contributed by atoms with Crippen LogP contribution in [0.4, 0.5) is 0 Å². The van der Waals surface area contributed by atoms with Gasteiger partial charge in [-0.2, -0.15) is 0 Å². The number of esters is 1. The van der Waals surface area contributed by atoms with Crippen molar-refractivity contribution < 1.29 is 19.7 Å². The number of unbranched alkanes of at least 4 members (excludes halogenated alkanes) is 2.